The number of carbonyl (C=O) groups excluding carboxylic acids is 1. The summed E-state index contributed by atoms with van der Waals surface area (Å²) in [5.41, 5.74) is 8.14. The average molecular weight is 432 g/mol. The number of oxime groups is 1. The van der Waals surface area contributed by atoms with E-state index in [9.17, 15) is 4.79 Å². The highest BCUT2D eigenvalue weighted by Crippen LogP contribution is 2.53. The van der Waals surface area contributed by atoms with E-state index in [0.29, 0.717) is 5.92 Å². The molecule has 0 bridgehead atoms. The summed E-state index contributed by atoms with van der Waals surface area (Å²) >= 11 is 0. The fourth-order valence-electron chi connectivity index (χ4n) is 6.18. The molecule has 0 radical (unpaired) electrons. The third-order valence-electron chi connectivity index (χ3n) is 7.40. The summed E-state index contributed by atoms with van der Waals surface area (Å²) in [5.74, 6) is 0.325. The second-order valence-electron chi connectivity index (χ2n) is 9.78. The minimum atomic E-state index is -0.344. The first-order valence-electron chi connectivity index (χ1n) is 12.5. The molecule has 0 heterocycles. The van der Waals surface area contributed by atoms with E-state index in [1.54, 1.807) is 0 Å². The van der Waals surface area contributed by atoms with Crippen molar-refractivity contribution in [2.45, 2.75) is 90.4 Å². The van der Waals surface area contributed by atoms with Gasteiger partial charge in [-0.3, -0.25) is 0 Å². The van der Waals surface area contributed by atoms with Crippen molar-refractivity contribution in [3.8, 4) is 11.1 Å². The van der Waals surface area contributed by atoms with Crippen LogP contribution in [0, 0.1) is 5.92 Å². The Bertz CT molecular complexity index is 978. The Morgan fingerprint density at radius 3 is 2.38 bits per heavy atom. The molecular formula is C29H37NO2. The van der Waals surface area contributed by atoms with Crippen LogP contribution in [-0.2, 0) is 21.5 Å². The van der Waals surface area contributed by atoms with Crippen molar-refractivity contribution >= 4 is 11.7 Å². The molecule has 0 saturated heterocycles. The minimum absolute atomic E-state index is 0.101. The fraction of sp³-hybridized carbons (Fsp3) is 0.517. The molecule has 3 nitrogen and oxygen atoms in total. The van der Waals surface area contributed by atoms with Gasteiger partial charge in [-0.2, -0.15) is 0 Å². The molecule has 2 aromatic rings. The summed E-state index contributed by atoms with van der Waals surface area (Å²) in [6, 6.07) is 16.0. The van der Waals surface area contributed by atoms with E-state index in [4.69, 9.17) is 4.84 Å². The Kier molecular flexibility index (Phi) is 7.13. The van der Waals surface area contributed by atoms with Gasteiger partial charge in [0.05, 0.1) is 5.71 Å². The summed E-state index contributed by atoms with van der Waals surface area (Å²) in [6.07, 6.45) is 11.5. The molecule has 0 unspecified atom stereocenters. The van der Waals surface area contributed by atoms with E-state index in [-0.39, 0.29) is 11.4 Å². The van der Waals surface area contributed by atoms with Crippen LogP contribution in [0.2, 0.25) is 0 Å². The van der Waals surface area contributed by atoms with Crippen LogP contribution in [-0.4, -0.2) is 11.7 Å². The quantitative estimate of drug-likeness (QED) is 0.233. The molecule has 4 rings (SSSR count). The number of rotatable bonds is 9. The standard InChI is InChI=1S/C29H37NO2/c1-4-16-29(17-5-2)27-13-9-8-12-25(27)26-15-14-23(20-28(26)29)19-24(30-32-21(3)31)18-22-10-6-7-11-22/h8-9,12-15,20,22H,4-7,10-11,16-19H2,1-3H3/b30-24+. The molecule has 0 N–H and O–H groups in total. The molecule has 0 amide bonds. The highest BCUT2D eigenvalue weighted by molar-refractivity contribution is 5.88. The van der Waals surface area contributed by atoms with Crippen molar-refractivity contribution in [3.63, 3.8) is 0 Å². The van der Waals surface area contributed by atoms with Gasteiger partial charge in [-0.05, 0) is 53.0 Å². The highest BCUT2D eigenvalue weighted by atomic mass is 16.7. The third kappa shape index (κ3) is 4.53. The van der Waals surface area contributed by atoms with Crippen LogP contribution < -0.4 is 0 Å². The van der Waals surface area contributed by atoms with Gasteiger partial charge < -0.3 is 4.84 Å². The number of hydrogen-bond donors (Lipinski definition) is 0. The van der Waals surface area contributed by atoms with Crippen LogP contribution in [0.15, 0.2) is 47.6 Å². The van der Waals surface area contributed by atoms with E-state index in [2.05, 4.69) is 61.5 Å². The second-order valence-corrected chi connectivity index (χ2v) is 9.78. The lowest BCUT2D eigenvalue weighted by Gasteiger charge is -2.32. The minimum Gasteiger partial charge on any atom is -0.319 e. The van der Waals surface area contributed by atoms with E-state index < -0.39 is 0 Å². The Labute approximate surface area is 193 Å². The molecule has 2 aliphatic carbocycles. The lowest BCUT2D eigenvalue weighted by atomic mass is 9.71. The molecule has 2 aliphatic rings. The van der Waals surface area contributed by atoms with E-state index in [1.165, 1.54) is 86.1 Å². The third-order valence-corrected chi connectivity index (χ3v) is 7.40. The SMILES string of the molecule is CCCC1(CCC)c2ccccc2-c2ccc(C/C(CC3CCCC3)=N/OC(C)=O)cc21. The molecule has 170 valence electrons. The van der Waals surface area contributed by atoms with Gasteiger partial charge in [0.25, 0.3) is 0 Å². The maximum absolute atomic E-state index is 11.4. The molecule has 1 fully saturated rings. The summed E-state index contributed by atoms with van der Waals surface area (Å²) in [6.45, 7) is 6.02. The summed E-state index contributed by atoms with van der Waals surface area (Å²) in [4.78, 5) is 16.5. The number of hydrogen-bond acceptors (Lipinski definition) is 3. The Hall–Kier alpha value is -2.42. The smallest absolute Gasteiger partial charge is 0.319 e. The predicted octanol–water partition coefficient (Wildman–Crippen LogP) is 7.60. The lowest BCUT2D eigenvalue weighted by molar-refractivity contribution is -0.141. The van der Waals surface area contributed by atoms with Gasteiger partial charge >= 0.3 is 5.97 Å². The first kappa shape index (κ1) is 22.8. The van der Waals surface area contributed by atoms with Crippen molar-refractivity contribution in [3.05, 3.63) is 59.2 Å². The highest BCUT2D eigenvalue weighted by Gasteiger charge is 2.41. The Morgan fingerprint density at radius 1 is 1.00 bits per heavy atom. The van der Waals surface area contributed by atoms with Gasteiger partial charge in [0.2, 0.25) is 0 Å². The largest absolute Gasteiger partial charge is 0.331 e. The molecule has 0 aliphatic heterocycles. The molecule has 0 aromatic heterocycles. The van der Waals surface area contributed by atoms with Gasteiger partial charge in [-0.1, -0.05) is 100.0 Å². The van der Waals surface area contributed by atoms with Crippen molar-refractivity contribution in [1.29, 1.82) is 0 Å². The topological polar surface area (TPSA) is 38.7 Å². The monoisotopic (exact) mass is 431 g/mol. The van der Waals surface area contributed by atoms with E-state index >= 15 is 0 Å². The molecule has 0 atom stereocenters. The van der Waals surface area contributed by atoms with Gasteiger partial charge in [-0.25, -0.2) is 4.79 Å². The van der Waals surface area contributed by atoms with Crippen LogP contribution in [0.1, 0.15) is 95.2 Å². The van der Waals surface area contributed by atoms with Crippen molar-refractivity contribution in [2.75, 3.05) is 0 Å². The van der Waals surface area contributed by atoms with E-state index in [0.717, 1.165) is 18.6 Å². The average Bonchev–Trinajstić information content (AvgIpc) is 3.38. The Balaban J connectivity index is 1.69. The Morgan fingerprint density at radius 2 is 1.69 bits per heavy atom. The molecular weight excluding hydrogens is 394 g/mol. The number of fused-ring (bicyclic) bond motifs is 3. The van der Waals surface area contributed by atoms with Gasteiger partial charge in [0.1, 0.15) is 0 Å². The number of carbonyl (C=O) groups is 1. The van der Waals surface area contributed by atoms with Gasteiger partial charge in [-0.15, -0.1) is 0 Å². The fourth-order valence-corrected chi connectivity index (χ4v) is 6.18. The summed E-state index contributed by atoms with van der Waals surface area (Å²) < 4.78 is 0. The molecule has 3 heteroatoms. The van der Waals surface area contributed by atoms with Crippen LogP contribution in [0.25, 0.3) is 11.1 Å². The maximum Gasteiger partial charge on any atom is 0.331 e. The van der Waals surface area contributed by atoms with Crippen molar-refractivity contribution in [2.24, 2.45) is 11.1 Å². The van der Waals surface area contributed by atoms with Crippen LogP contribution >= 0.6 is 0 Å². The molecule has 0 spiro atoms. The molecule has 1 saturated carbocycles. The first-order valence-corrected chi connectivity index (χ1v) is 12.5. The zero-order valence-electron chi connectivity index (χ0n) is 20.0. The van der Waals surface area contributed by atoms with Gasteiger partial charge in [0, 0.05) is 18.8 Å². The predicted molar refractivity (Wildman–Crippen MR) is 132 cm³/mol. The first-order chi connectivity index (χ1) is 15.6. The van der Waals surface area contributed by atoms with Gasteiger partial charge in [0.15, 0.2) is 0 Å². The second kappa shape index (κ2) is 10.0. The van der Waals surface area contributed by atoms with Crippen LogP contribution in [0.3, 0.4) is 0 Å². The normalized spacial score (nSPS) is 17.3. The zero-order chi connectivity index (χ0) is 22.6. The summed E-state index contributed by atoms with van der Waals surface area (Å²) in [7, 11) is 0. The van der Waals surface area contributed by atoms with Crippen molar-refractivity contribution < 1.29 is 9.63 Å². The van der Waals surface area contributed by atoms with Crippen LogP contribution in [0.4, 0.5) is 0 Å². The number of nitrogens with zero attached hydrogens (tertiary/aromatic N) is 1. The zero-order valence-corrected chi connectivity index (χ0v) is 20.0. The molecule has 32 heavy (non-hydrogen) atoms. The van der Waals surface area contributed by atoms with Crippen molar-refractivity contribution in [1.82, 2.24) is 0 Å². The number of benzene rings is 2. The molecule has 2 aromatic carbocycles. The van der Waals surface area contributed by atoms with Crippen LogP contribution in [0.5, 0.6) is 0 Å². The maximum atomic E-state index is 11.4. The lowest BCUT2D eigenvalue weighted by Crippen LogP contribution is -2.25. The summed E-state index contributed by atoms with van der Waals surface area (Å²) in [5, 5.41) is 4.29. The van der Waals surface area contributed by atoms with E-state index in [1.807, 2.05) is 0 Å².